The number of morpholine rings is 1. The largest absolute Gasteiger partial charge is 0.483 e. The first kappa shape index (κ1) is 8.97. The molecule has 0 aromatic heterocycles. The second kappa shape index (κ2) is 3.64. The van der Waals surface area contributed by atoms with Crippen LogP contribution in [0.1, 0.15) is 12.8 Å². The normalized spacial score (nSPS) is 34.2. The van der Waals surface area contributed by atoms with E-state index in [9.17, 15) is 0 Å². The molecule has 74 valence electrons. The highest BCUT2D eigenvalue weighted by molar-refractivity contribution is 5.77. The number of nitrogens with zero attached hydrogens (tertiary/aromatic N) is 1. The summed E-state index contributed by atoms with van der Waals surface area (Å²) in [5, 5.41) is 7.51. The maximum atomic E-state index is 7.51. The zero-order valence-electron chi connectivity index (χ0n) is 7.95. The molecule has 2 atom stereocenters. The Morgan fingerprint density at radius 1 is 1.62 bits per heavy atom. The third-order valence-electron chi connectivity index (χ3n) is 2.90. The standard InChI is InChI=1S/C9H16N2O2/c1-12-9(10)8-5-11-4-2-3-7(11)6-13-8/h7-8,10H,2-6H2,1H3. The van der Waals surface area contributed by atoms with Gasteiger partial charge in [0.05, 0.1) is 13.7 Å². The van der Waals surface area contributed by atoms with E-state index in [1.54, 1.807) is 0 Å². The van der Waals surface area contributed by atoms with E-state index >= 15 is 0 Å². The predicted octanol–water partition coefficient (Wildman–Crippen LogP) is 0.473. The van der Waals surface area contributed by atoms with Gasteiger partial charge in [-0.15, -0.1) is 0 Å². The van der Waals surface area contributed by atoms with Crippen LogP contribution in [0.5, 0.6) is 0 Å². The minimum atomic E-state index is -0.139. The lowest BCUT2D eigenvalue weighted by molar-refractivity contribution is -0.0248. The highest BCUT2D eigenvalue weighted by atomic mass is 16.5. The van der Waals surface area contributed by atoms with Gasteiger partial charge in [0.2, 0.25) is 5.90 Å². The zero-order chi connectivity index (χ0) is 9.26. The molecule has 2 aliphatic rings. The van der Waals surface area contributed by atoms with Crippen molar-refractivity contribution in [2.45, 2.75) is 25.0 Å². The van der Waals surface area contributed by atoms with Gasteiger partial charge in [-0.25, -0.2) is 0 Å². The first-order chi connectivity index (χ1) is 6.31. The third-order valence-corrected chi connectivity index (χ3v) is 2.90. The number of hydrogen-bond acceptors (Lipinski definition) is 4. The summed E-state index contributed by atoms with van der Waals surface area (Å²) in [5.74, 6) is 0.255. The summed E-state index contributed by atoms with van der Waals surface area (Å²) in [6, 6.07) is 0.598. The Morgan fingerprint density at radius 3 is 3.23 bits per heavy atom. The van der Waals surface area contributed by atoms with Crippen molar-refractivity contribution >= 4 is 5.90 Å². The smallest absolute Gasteiger partial charge is 0.211 e. The van der Waals surface area contributed by atoms with Gasteiger partial charge in [0.15, 0.2) is 0 Å². The first-order valence-corrected chi connectivity index (χ1v) is 4.79. The Morgan fingerprint density at radius 2 is 2.46 bits per heavy atom. The number of nitrogens with one attached hydrogen (secondary N) is 1. The van der Waals surface area contributed by atoms with Crippen LogP contribution in [0, 0.1) is 5.41 Å². The van der Waals surface area contributed by atoms with Gasteiger partial charge in [0.25, 0.3) is 0 Å². The molecule has 2 fully saturated rings. The van der Waals surface area contributed by atoms with Gasteiger partial charge in [-0.05, 0) is 19.4 Å². The van der Waals surface area contributed by atoms with Crippen LogP contribution in [0.4, 0.5) is 0 Å². The summed E-state index contributed by atoms with van der Waals surface area (Å²) in [4.78, 5) is 2.40. The maximum absolute atomic E-state index is 7.51. The quantitative estimate of drug-likeness (QED) is 0.476. The van der Waals surface area contributed by atoms with Crippen LogP contribution in [-0.2, 0) is 9.47 Å². The average molecular weight is 184 g/mol. The van der Waals surface area contributed by atoms with E-state index in [4.69, 9.17) is 14.9 Å². The molecule has 0 radical (unpaired) electrons. The van der Waals surface area contributed by atoms with E-state index in [2.05, 4.69) is 4.90 Å². The van der Waals surface area contributed by atoms with Crippen molar-refractivity contribution in [3.8, 4) is 0 Å². The molecule has 0 aliphatic carbocycles. The molecule has 0 aromatic carbocycles. The Bertz CT molecular complexity index is 208. The highest BCUT2D eigenvalue weighted by Crippen LogP contribution is 2.22. The van der Waals surface area contributed by atoms with Gasteiger partial charge in [-0.1, -0.05) is 0 Å². The summed E-state index contributed by atoms with van der Waals surface area (Å²) < 4.78 is 10.4. The van der Waals surface area contributed by atoms with Crippen molar-refractivity contribution in [3.63, 3.8) is 0 Å². The lowest BCUT2D eigenvalue weighted by Crippen LogP contribution is -2.49. The molecule has 0 bridgehead atoms. The Labute approximate surface area is 78.3 Å². The topological polar surface area (TPSA) is 45.5 Å². The first-order valence-electron chi connectivity index (χ1n) is 4.79. The average Bonchev–Trinajstić information content (AvgIpc) is 2.63. The highest BCUT2D eigenvalue weighted by Gasteiger charge is 2.34. The molecule has 0 spiro atoms. The predicted molar refractivity (Wildman–Crippen MR) is 49.1 cm³/mol. The molecule has 0 aromatic rings. The van der Waals surface area contributed by atoms with E-state index in [-0.39, 0.29) is 12.0 Å². The van der Waals surface area contributed by atoms with Crippen LogP contribution in [-0.4, -0.2) is 49.7 Å². The molecule has 0 saturated carbocycles. The molecule has 1 N–H and O–H groups in total. The van der Waals surface area contributed by atoms with Crippen molar-refractivity contribution in [1.29, 1.82) is 5.41 Å². The second-order valence-electron chi connectivity index (χ2n) is 3.68. The Kier molecular flexibility index (Phi) is 2.51. The number of methoxy groups -OCH3 is 1. The van der Waals surface area contributed by atoms with Gasteiger partial charge in [-0.2, -0.15) is 0 Å². The molecule has 4 heteroatoms. The van der Waals surface area contributed by atoms with E-state index in [0.717, 1.165) is 19.7 Å². The molecule has 4 nitrogen and oxygen atoms in total. The molecule has 0 amide bonds. The van der Waals surface area contributed by atoms with E-state index in [0.29, 0.717) is 6.04 Å². The van der Waals surface area contributed by atoms with Crippen LogP contribution in [0.15, 0.2) is 0 Å². The SMILES string of the molecule is COC(=N)C1CN2CCCC2CO1. The number of ether oxygens (including phenoxy) is 2. The maximum Gasteiger partial charge on any atom is 0.211 e. The van der Waals surface area contributed by atoms with E-state index < -0.39 is 0 Å². The van der Waals surface area contributed by atoms with E-state index in [1.807, 2.05) is 0 Å². The second-order valence-corrected chi connectivity index (χ2v) is 3.68. The van der Waals surface area contributed by atoms with Crippen LogP contribution in [0.25, 0.3) is 0 Å². The van der Waals surface area contributed by atoms with Crippen molar-refractivity contribution in [2.24, 2.45) is 0 Å². The van der Waals surface area contributed by atoms with Gasteiger partial charge in [0, 0.05) is 12.6 Å². The summed E-state index contributed by atoms with van der Waals surface area (Å²) in [6.07, 6.45) is 2.37. The summed E-state index contributed by atoms with van der Waals surface area (Å²) >= 11 is 0. The van der Waals surface area contributed by atoms with Crippen molar-refractivity contribution in [2.75, 3.05) is 26.8 Å². The fourth-order valence-electron chi connectivity index (χ4n) is 2.11. The number of hydrogen-bond donors (Lipinski definition) is 1. The Balaban J connectivity index is 1.93. The fraction of sp³-hybridized carbons (Fsp3) is 0.889. The van der Waals surface area contributed by atoms with Crippen LogP contribution < -0.4 is 0 Å². The molecule has 2 unspecified atom stereocenters. The molecule has 2 aliphatic heterocycles. The van der Waals surface area contributed by atoms with Gasteiger partial charge < -0.3 is 9.47 Å². The number of rotatable bonds is 1. The van der Waals surface area contributed by atoms with Crippen LogP contribution in [0.3, 0.4) is 0 Å². The molecule has 2 saturated heterocycles. The molecular weight excluding hydrogens is 168 g/mol. The summed E-state index contributed by atoms with van der Waals surface area (Å²) in [7, 11) is 1.53. The third kappa shape index (κ3) is 1.69. The van der Waals surface area contributed by atoms with Gasteiger partial charge in [-0.3, -0.25) is 10.3 Å². The summed E-state index contributed by atoms with van der Waals surface area (Å²) in [5.41, 5.74) is 0. The Hall–Kier alpha value is -0.610. The molecule has 2 heterocycles. The minimum Gasteiger partial charge on any atom is -0.483 e. The number of fused-ring (bicyclic) bond motifs is 1. The molecule has 2 rings (SSSR count). The van der Waals surface area contributed by atoms with Gasteiger partial charge >= 0.3 is 0 Å². The minimum absolute atomic E-state index is 0.139. The lowest BCUT2D eigenvalue weighted by atomic mass is 10.2. The zero-order valence-corrected chi connectivity index (χ0v) is 7.95. The van der Waals surface area contributed by atoms with Gasteiger partial charge in [0.1, 0.15) is 6.10 Å². The molecular formula is C9H16N2O2. The van der Waals surface area contributed by atoms with Crippen LogP contribution >= 0.6 is 0 Å². The lowest BCUT2D eigenvalue weighted by Gasteiger charge is -2.34. The fourth-order valence-corrected chi connectivity index (χ4v) is 2.11. The monoisotopic (exact) mass is 184 g/mol. The van der Waals surface area contributed by atoms with Crippen molar-refractivity contribution in [3.05, 3.63) is 0 Å². The van der Waals surface area contributed by atoms with Crippen molar-refractivity contribution in [1.82, 2.24) is 4.90 Å². The van der Waals surface area contributed by atoms with Crippen LogP contribution in [0.2, 0.25) is 0 Å². The van der Waals surface area contributed by atoms with Crippen molar-refractivity contribution < 1.29 is 9.47 Å². The van der Waals surface area contributed by atoms with E-state index in [1.165, 1.54) is 20.0 Å². The summed E-state index contributed by atoms with van der Waals surface area (Å²) in [6.45, 7) is 2.75. The molecule has 13 heavy (non-hydrogen) atoms.